The van der Waals surface area contributed by atoms with Crippen LogP contribution in [0.25, 0.3) is 0 Å². The van der Waals surface area contributed by atoms with Gasteiger partial charge in [-0.05, 0) is 68.6 Å². The van der Waals surface area contributed by atoms with Crippen LogP contribution in [0.2, 0.25) is 0 Å². The molecule has 152 valence electrons. The Morgan fingerprint density at radius 3 is 2.64 bits per heavy atom. The summed E-state index contributed by atoms with van der Waals surface area (Å²) >= 11 is 0. The van der Waals surface area contributed by atoms with E-state index in [-0.39, 0.29) is 23.5 Å². The van der Waals surface area contributed by atoms with Gasteiger partial charge in [0.15, 0.2) is 5.54 Å². The molecule has 1 saturated heterocycles. The van der Waals surface area contributed by atoms with Crippen LogP contribution in [-0.2, 0) is 32.6 Å². The van der Waals surface area contributed by atoms with Crippen molar-refractivity contribution in [1.29, 1.82) is 0 Å². The third kappa shape index (κ3) is 2.94. The second-order valence-electron chi connectivity index (χ2n) is 8.34. The lowest BCUT2D eigenvalue weighted by molar-refractivity contribution is -0.131. The van der Waals surface area contributed by atoms with Crippen molar-refractivity contribution in [3.8, 4) is 0 Å². The minimum absolute atomic E-state index is 0.196. The van der Waals surface area contributed by atoms with Gasteiger partial charge in [0, 0.05) is 25.7 Å². The summed E-state index contributed by atoms with van der Waals surface area (Å²) in [6, 6.07) is 6.08. The Morgan fingerprint density at radius 2 is 2.00 bits per heavy atom. The topological polar surface area (TPSA) is 76.7 Å². The van der Waals surface area contributed by atoms with E-state index >= 15 is 0 Å². The van der Waals surface area contributed by atoms with Crippen molar-refractivity contribution < 1.29 is 19.1 Å². The number of carbonyl (C=O) groups excluding carboxylic acids is 2. The molecular weight excluding hydrogens is 356 g/mol. The van der Waals surface area contributed by atoms with Crippen LogP contribution >= 0.6 is 0 Å². The maximum atomic E-state index is 13.2. The Morgan fingerprint density at radius 1 is 1.21 bits per heavy atom. The smallest absolute Gasteiger partial charge is 0.322 e. The zero-order valence-corrected chi connectivity index (χ0v) is 16.8. The fraction of sp³-hybridized carbons (Fsp3) is 0.636. The van der Waals surface area contributed by atoms with E-state index in [1.165, 1.54) is 11.1 Å². The monoisotopic (exact) mass is 386 g/mol. The van der Waals surface area contributed by atoms with Crippen molar-refractivity contribution in [2.45, 2.75) is 63.5 Å². The molecule has 1 aromatic rings. The standard InChI is InChI=1S/C22H30N2O4/c1-3-28-12-4-5-15-6-7-16-14-21(10-8-17(27-2)9-11-21)22(18(16)13-15)19(25)23-20(26)24-22/h6-7,13,17H,3-5,8-12,14H2,1-2H3,(H2,23,24,25,26). The first-order valence-electron chi connectivity index (χ1n) is 10.4. The van der Waals surface area contributed by atoms with Crippen LogP contribution in [-0.4, -0.2) is 38.4 Å². The number of aryl methyl sites for hydroxylation is 1. The first-order chi connectivity index (χ1) is 13.5. The number of hydrogen-bond acceptors (Lipinski definition) is 4. The number of carbonyl (C=O) groups is 2. The fourth-order valence-electron chi connectivity index (χ4n) is 5.54. The van der Waals surface area contributed by atoms with Gasteiger partial charge in [0.25, 0.3) is 5.91 Å². The van der Waals surface area contributed by atoms with Crippen molar-refractivity contribution in [3.05, 3.63) is 34.9 Å². The molecule has 4 rings (SSSR count). The van der Waals surface area contributed by atoms with Crippen LogP contribution < -0.4 is 10.6 Å². The summed E-state index contributed by atoms with van der Waals surface area (Å²) in [5.74, 6) is -0.196. The van der Waals surface area contributed by atoms with Gasteiger partial charge in [-0.2, -0.15) is 0 Å². The zero-order chi connectivity index (χ0) is 19.8. The summed E-state index contributed by atoms with van der Waals surface area (Å²) in [7, 11) is 1.75. The summed E-state index contributed by atoms with van der Waals surface area (Å²) in [5.41, 5.74) is 2.13. The minimum Gasteiger partial charge on any atom is -0.382 e. The maximum Gasteiger partial charge on any atom is 0.322 e. The molecule has 1 unspecified atom stereocenters. The van der Waals surface area contributed by atoms with Crippen molar-refractivity contribution in [2.75, 3.05) is 20.3 Å². The highest BCUT2D eigenvalue weighted by atomic mass is 16.5. The second-order valence-corrected chi connectivity index (χ2v) is 8.34. The molecule has 2 aliphatic carbocycles. The molecule has 2 fully saturated rings. The molecule has 2 spiro atoms. The number of urea groups is 1. The van der Waals surface area contributed by atoms with Crippen LogP contribution in [0.1, 0.15) is 55.7 Å². The molecular formula is C22H30N2O4. The molecule has 3 aliphatic rings. The predicted octanol–water partition coefficient (Wildman–Crippen LogP) is 2.82. The molecule has 2 N–H and O–H groups in total. The number of rotatable bonds is 6. The van der Waals surface area contributed by atoms with Gasteiger partial charge < -0.3 is 14.8 Å². The van der Waals surface area contributed by atoms with Crippen LogP contribution in [0.5, 0.6) is 0 Å². The largest absolute Gasteiger partial charge is 0.382 e. The van der Waals surface area contributed by atoms with Gasteiger partial charge in [0.2, 0.25) is 0 Å². The van der Waals surface area contributed by atoms with E-state index in [1.807, 2.05) is 6.92 Å². The highest BCUT2D eigenvalue weighted by Gasteiger charge is 2.66. The molecule has 0 aromatic heterocycles. The first kappa shape index (κ1) is 19.4. The number of amides is 3. The van der Waals surface area contributed by atoms with E-state index in [9.17, 15) is 9.59 Å². The Hall–Kier alpha value is -1.92. The molecule has 3 amide bonds. The molecule has 6 heteroatoms. The lowest BCUT2D eigenvalue weighted by Gasteiger charge is -2.46. The minimum atomic E-state index is -0.950. The highest BCUT2D eigenvalue weighted by molar-refractivity contribution is 6.08. The third-order valence-electron chi connectivity index (χ3n) is 6.95. The fourth-order valence-corrected chi connectivity index (χ4v) is 5.54. The van der Waals surface area contributed by atoms with Gasteiger partial charge >= 0.3 is 6.03 Å². The van der Waals surface area contributed by atoms with Gasteiger partial charge in [-0.3, -0.25) is 10.1 Å². The quantitative estimate of drug-likeness (QED) is 0.582. The highest BCUT2D eigenvalue weighted by Crippen LogP contribution is 2.59. The van der Waals surface area contributed by atoms with Gasteiger partial charge in [0.1, 0.15) is 0 Å². The Kier molecular flexibility index (Phi) is 5.19. The van der Waals surface area contributed by atoms with Gasteiger partial charge in [-0.15, -0.1) is 0 Å². The maximum absolute atomic E-state index is 13.2. The van der Waals surface area contributed by atoms with E-state index in [1.54, 1.807) is 7.11 Å². The van der Waals surface area contributed by atoms with E-state index < -0.39 is 5.54 Å². The number of fused-ring (bicyclic) bond motifs is 3. The van der Waals surface area contributed by atoms with Gasteiger partial charge in [0.05, 0.1) is 6.10 Å². The average Bonchev–Trinajstić information content (AvgIpc) is 3.14. The summed E-state index contributed by atoms with van der Waals surface area (Å²) in [6.07, 6.45) is 6.47. The molecule has 28 heavy (non-hydrogen) atoms. The van der Waals surface area contributed by atoms with E-state index in [4.69, 9.17) is 9.47 Å². The third-order valence-corrected chi connectivity index (χ3v) is 6.95. The normalized spacial score (nSPS) is 31.3. The second kappa shape index (κ2) is 7.48. The number of nitrogens with one attached hydrogen (secondary N) is 2. The summed E-state index contributed by atoms with van der Waals surface area (Å²) in [5, 5.41) is 5.59. The SMILES string of the molecule is CCOCCCc1ccc2c(c1)C1(NC(=O)NC1=O)C1(CCC(OC)CC1)C2. The number of imide groups is 1. The van der Waals surface area contributed by atoms with Crippen LogP contribution in [0, 0.1) is 5.41 Å². The van der Waals surface area contributed by atoms with Crippen molar-refractivity contribution in [3.63, 3.8) is 0 Å². The summed E-state index contributed by atoms with van der Waals surface area (Å²) < 4.78 is 11.0. The van der Waals surface area contributed by atoms with Crippen molar-refractivity contribution in [1.82, 2.24) is 10.6 Å². The van der Waals surface area contributed by atoms with Gasteiger partial charge in [-0.1, -0.05) is 18.2 Å². The number of methoxy groups -OCH3 is 1. The predicted molar refractivity (Wildman–Crippen MR) is 105 cm³/mol. The van der Waals surface area contributed by atoms with E-state index in [2.05, 4.69) is 28.8 Å². The molecule has 1 aliphatic heterocycles. The van der Waals surface area contributed by atoms with Crippen LogP contribution in [0.3, 0.4) is 0 Å². The molecule has 1 atom stereocenters. The average molecular weight is 386 g/mol. The van der Waals surface area contributed by atoms with E-state index in [0.29, 0.717) is 0 Å². The lowest BCUT2D eigenvalue weighted by atomic mass is 9.61. The molecule has 1 heterocycles. The first-order valence-corrected chi connectivity index (χ1v) is 10.4. The summed E-state index contributed by atoms with van der Waals surface area (Å²) in [6.45, 7) is 3.46. The van der Waals surface area contributed by atoms with Crippen molar-refractivity contribution in [2.24, 2.45) is 5.41 Å². The number of ether oxygens (including phenoxy) is 2. The molecule has 6 nitrogen and oxygen atoms in total. The Bertz CT molecular complexity index is 770. The zero-order valence-electron chi connectivity index (χ0n) is 16.8. The molecule has 1 saturated carbocycles. The lowest BCUT2D eigenvalue weighted by Crippen LogP contribution is -2.56. The van der Waals surface area contributed by atoms with Gasteiger partial charge in [-0.25, -0.2) is 4.79 Å². The van der Waals surface area contributed by atoms with E-state index in [0.717, 1.165) is 63.7 Å². The summed E-state index contributed by atoms with van der Waals surface area (Å²) in [4.78, 5) is 25.4. The molecule has 0 radical (unpaired) electrons. The Labute approximate surface area is 166 Å². The van der Waals surface area contributed by atoms with Crippen molar-refractivity contribution >= 4 is 11.9 Å². The molecule has 1 aromatic carbocycles. The van der Waals surface area contributed by atoms with Crippen LogP contribution in [0.4, 0.5) is 4.79 Å². The van der Waals surface area contributed by atoms with Crippen LogP contribution in [0.15, 0.2) is 18.2 Å². The number of hydrogen-bond donors (Lipinski definition) is 2. The number of benzene rings is 1. The molecule has 0 bridgehead atoms. The Balaban J connectivity index is 1.68.